The number of amides is 4. The van der Waals surface area contributed by atoms with Crippen molar-refractivity contribution in [2.45, 2.75) is 143 Å². The molecule has 4 atom stereocenters. The van der Waals surface area contributed by atoms with Gasteiger partial charge in [0, 0.05) is 19.9 Å². The number of esters is 1. The second kappa shape index (κ2) is 14.1. The van der Waals surface area contributed by atoms with Gasteiger partial charge in [-0.3, -0.25) is 15.1 Å². The average molecular weight is 724 g/mol. The van der Waals surface area contributed by atoms with Crippen LogP contribution in [-0.4, -0.2) is 122 Å². The highest BCUT2D eigenvalue weighted by Crippen LogP contribution is 2.49. The van der Waals surface area contributed by atoms with Gasteiger partial charge in [-0.2, -0.15) is 0 Å². The Morgan fingerprint density at radius 1 is 0.843 bits per heavy atom. The molecule has 2 fully saturated rings. The summed E-state index contributed by atoms with van der Waals surface area (Å²) < 4.78 is 28.5. The Kier molecular flexibility index (Phi) is 11.2. The van der Waals surface area contributed by atoms with Crippen LogP contribution in [-0.2, 0) is 28.5 Å². The Hall–Kier alpha value is -4.84. The molecule has 0 aromatic carbocycles. The molecule has 0 bridgehead atoms. The van der Waals surface area contributed by atoms with Gasteiger partial charge in [0.1, 0.15) is 34.6 Å². The van der Waals surface area contributed by atoms with Crippen molar-refractivity contribution in [1.29, 1.82) is 0 Å². The lowest BCUT2D eigenvalue weighted by molar-refractivity contribution is -0.158. The van der Waals surface area contributed by atoms with E-state index < -0.39 is 76.6 Å². The van der Waals surface area contributed by atoms with Crippen LogP contribution in [0.4, 0.5) is 19.2 Å². The summed E-state index contributed by atoms with van der Waals surface area (Å²) in [5.41, 5.74) is 5.52. The van der Waals surface area contributed by atoms with Crippen LogP contribution < -0.4 is 16.8 Å². The molecule has 3 rings (SSSR count). The lowest BCUT2D eigenvalue weighted by Crippen LogP contribution is -2.79. The second-order valence-corrected chi connectivity index (χ2v) is 16.2. The number of carbonyl (C=O) groups excluding carboxylic acids is 5. The van der Waals surface area contributed by atoms with Gasteiger partial charge in [-0.15, -0.1) is 4.99 Å². The van der Waals surface area contributed by atoms with Crippen LogP contribution in [0.1, 0.15) is 96.4 Å². The van der Waals surface area contributed by atoms with Gasteiger partial charge in [-0.25, -0.2) is 34.0 Å². The van der Waals surface area contributed by atoms with Gasteiger partial charge in [0.15, 0.2) is 11.6 Å². The van der Waals surface area contributed by atoms with Crippen molar-refractivity contribution >= 4 is 48.2 Å². The molecule has 5 N–H and O–H groups in total. The standard InChI is InChI=1S/C32H53N9O10/c1-17(42)47-19-14-15-39-23(38-25(44)49-29(5,6)7)40(26(45)50-30(8,9)10)18(16-35-21(33)34)20-32(19,39)41(27(46)51-31(11,12)13)22(36-20)37-24(43)48-28(2,3)4/h18-20H,14-16H2,1-13H3,(H4,33,34,35)(H,36,37,43)/b38-23+/t18-,19-,20-,32-/m0/s1. The van der Waals surface area contributed by atoms with Crippen LogP contribution in [0.5, 0.6) is 0 Å². The fourth-order valence-corrected chi connectivity index (χ4v) is 5.82. The molecule has 51 heavy (non-hydrogen) atoms. The molecule has 2 saturated heterocycles. The molecule has 0 saturated carbocycles. The molecular weight excluding hydrogens is 670 g/mol. The van der Waals surface area contributed by atoms with E-state index in [1.807, 2.05) is 0 Å². The minimum atomic E-state index is -1.93. The van der Waals surface area contributed by atoms with E-state index in [1.165, 1.54) is 11.8 Å². The largest absolute Gasteiger partial charge is 0.458 e. The molecule has 0 aromatic heterocycles. The topological polar surface area (TPSA) is 242 Å². The lowest BCUT2D eigenvalue weighted by atomic mass is 9.85. The molecule has 1 spiro atoms. The Bertz CT molecular complexity index is 1500. The number of hydrogen-bond donors (Lipinski definition) is 3. The predicted molar refractivity (Wildman–Crippen MR) is 184 cm³/mol. The number of ether oxygens (including phenoxy) is 5. The molecule has 0 aliphatic carbocycles. The normalized spacial score (nSPS) is 24.2. The maximum Gasteiger partial charge on any atom is 0.437 e. The fourth-order valence-electron chi connectivity index (χ4n) is 5.82. The number of hydrogen-bond acceptors (Lipinski definition) is 12. The molecule has 286 valence electrons. The maximum atomic E-state index is 14.4. The Labute approximate surface area is 298 Å². The number of rotatable bonds is 3. The van der Waals surface area contributed by atoms with Crippen LogP contribution in [0, 0.1) is 0 Å². The number of aliphatic imine (C=N–C) groups is 3. The first-order valence-electron chi connectivity index (χ1n) is 16.5. The minimum absolute atomic E-state index is 0.0368. The molecule has 19 nitrogen and oxygen atoms in total. The third-order valence-electron chi connectivity index (χ3n) is 7.07. The highest BCUT2D eigenvalue weighted by Gasteiger charge is 2.73. The van der Waals surface area contributed by atoms with E-state index in [2.05, 4.69) is 15.3 Å². The summed E-state index contributed by atoms with van der Waals surface area (Å²) in [6.45, 7) is 20.4. The molecule has 4 amide bonds. The monoisotopic (exact) mass is 723 g/mol. The summed E-state index contributed by atoms with van der Waals surface area (Å²) in [7, 11) is 0. The van der Waals surface area contributed by atoms with Gasteiger partial charge in [-0.05, 0) is 83.1 Å². The highest BCUT2D eigenvalue weighted by molar-refractivity contribution is 6.07. The SMILES string of the molecule is CC(=O)O[C@H]1CCN2/C(=N\C(=O)OC(C)(C)C)N(C(=O)OC(C)(C)C)[C@@H](CN=C(N)N)[C@@H]3N=C(NC(=O)OC(C)(C)C)N(C(=O)OC(C)(C)C)[C@@]132. The zero-order valence-electron chi connectivity index (χ0n) is 31.8. The van der Waals surface area contributed by atoms with E-state index in [1.54, 1.807) is 83.1 Å². The maximum absolute atomic E-state index is 14.4. The summed E-state index contributed by atoms with van der Waals surface area (Å²) in [5.74, 6) is -1.79. The summed E-state index contributed by atoms with van der Waals surface area (Å²) in [4.78, 5) is 84.7. The molecule has 3 heterocycles. The van der Waals surface area contributed by atoms with E-state index in [4.69, 9.17) is 40.1 Å². The van der Waals surface area contributed by atoms with Crippen molar-refractivity contribution in [2.24, 2.45) is 26.4 Å². The third kappa shape index (κ3) is 9.69. The second-order valence-electron chi connectivity index (χ2n) is 16.2. The van der Waals surface area contributed by atoms with Crippen LogP contribution >= 0.6 is 0 Å². The van der Waals surface area contributed by atoms with Gasteiger partial charge < -0.3 is 40.1 Å². The first-order valence-corrected chi connectivity index (χ1v) is 16.5. The summed E-state index contributed by atoms with van der Waals surface area (Å²) in [6.07, 6.45) is -5.24. The summed E-state index contributed by atoms with van der Waals surface area (Å²) in [5, 5.41) is 2.54. The van der Waals surface area contributed by atoms with Gasteiger partial charge in [-0.1, -0.05) is 0 Å². The molecule has 0 radical (unpaired) electrons. The zero-order valence-corrected chi connectivity index (χ0v) is 31.8. The number of nitrogens with two attached hydrogens (primary N) is 2. The number of alkyl carbamates (subject to hydrolysis) is 1. The lowest BCUT2D eigenvalue weighted by Gasteiger charge is -2.55. The zero-order chi connectivity index (χ0) is 39.1. The molecule has 19 heteroatoms. The molecule has 0 aromatic rings. The van der Waals surface area contributed by atoms with E-state index >= 15 is 0 Å². The van der Waals surface area contributed by atoms with Crippen LogP contribution in [0.2, 0.25) is 0 Å². The molecule has 0 unspecified atom stereocenters. The van der Waals surface area contributed by atoms with E-state index in [0.29, 0.717) is 0 Å². The van der Waals surface area contributed by atoms with E-state index in [-0.39, 0.29) is 37.4 Å². The average Bonchev–Trinajstić information content (AvgIpc) is 3.39. The fraction of sp³-hybridized carbons (Fsp3) is 0.750. The molecule has 3 aliphatic rings. The van der Waals surface area contributed by atoms with Crippen molar-refractivity contribution in [3.8, 4) is 0 Å². The van der Waals surface area contributed by atoms with E-state index in [0.717, 1.165) is 9.80 Å². The van der Waals surface area contributed by atoms with Crippen molar-refractivity contribution in [3.05, 3.63) is 0 Å². The van der Waals surface area contributed by atoms with E-state index in [9.17, 15) is 24.0 Å². The first kappa shape index (κ1) is 40.6. The van der Waals surface area contributed by atoms with Crippen molar-refractivity contribution in [1.82, 2.24) is 20.0 Å². The minimum Gasteiger partial charge on any atom is -0.458 e. The van der Waals surface area contributed by atoms with Crippen molar-refractivity contribution in [2.75, 3.05) is 13.1 Å². The first-order chi connectivity index (χ1) is 23.1. The smallest absolute Gasteiger partial charge is 0.437 e. The third-order valence-corrected chi connectivity index (χ3v) is 7.07. The number of carbonyl (C=O) groups is 5. The molecule has 3 aliphatic heterocycles. The molecular formula is C32H53N9O10. The van der Waals surface area contributed by atoms with Gasteiger partial charge in [0.05, 0.1) is 12.6 Å². The van der Waals surface area contributed by atoms with Gasteiger partial charge in [0.25, 0.3) is 0 Å². The van der Waals surface area contributed by atoms with Crippen molar-refractivity contribution in [3.63, 3.8) is 0 Å². The predicted octanol–water partition coefficient (Wildman–Crippen LogP) is 3.00. The Morgan fingerprint density at radius 2 is 1.37 bits per heavy atom. The highest BCUT2D eigenvalue weighted by atomic mass is 16.6. The summed E-state index contributed by atoms with van der Waals surface area (Å²) in [6, 6.07) is -2.60. The summed E-state index contributed by atoms with van der Waals surface area (Å²) >= 11 is 0. The number of nitrogens with one attached hydrogen (secondary N) is 1. The Balaban J connectivity index is 2.49. The van der Waals surface area contributed by atoms with Crippen molar-refractivity contribution < 1.29 is 47.7 Å². The van der Waals surface area contributed by atoms with Gasteiger partial charge >= 0.3 is 30.3 Å². The Morgan fingerprint density at radius 3 is 1.86 bits per heavy atom. The van der Waals surface area contributed by atoms with Crippen LogP contribution in [0.15, 0.2) is 15.0 Å². The van der Waals surface area contributed by atoms with Crippen LogP contribution in [0.3, 0.4) is 0 Å². The van der Waals surface area contributed by atoms with Gasteiger partial charge in [0.2, 0.25) is 11.9 Å². The number of guanidine groups is 3. The number of nitrogens with zero attached hydrogens (tertiary/aromatic N) is 6. The quantitative estimate of drug-likeness (QED) is 0.164. The van der Waals surface area contributed by atoms with Crippen LogP contribution in [0.25, 0.3) is 0 Å².